The Morgan fingerprint density at radius 2 is 1.57 bits per heavy atom. The summed E-state index contributed by atoms with van der Waals surface area (Å²) in [6.07, 6.45) is -0.429. The summed E-state index contributed by atoms with van der Waals surface area (Å²) < 4.78 is 22.9. The first-order valence-electron chi connectivity index (χ1n) is 14.5. The van der Waals surface area contributed by atoms with Gasteiger partial charge >= 0.3 is 5.97 Å². The third-order valence-electron chi connectivity index (χ3n) is 8.43. The lowest BCUT2D eigenvalue weighted by Crippen LogP contribution is -2.58. The second-order valence-corrected chi connectivity index (χ2v) is 21.2. The molecule has 0 bridgehead atoms. The Kier molecular flexibility index (Phi) is 12.9. The molecule has 0 aromatic carbocycles. The van der Waals surface area contributed by atoms with Crippen LogP contribution in [0, 0.1) is 5.92 Å². The second kappa shape index (κ2) is 14.3. The minimum Gasteiger partial charge on any atom is -0.461 e. The molecule has 2 aliphatic heterocycles. The van der Waals surface area contributed by atoms with E-state index in [9.17, 15) is 15.0 Å². The Morgan fingerprint density at radius 3 is 2.10 bits per heavy atom. The molecule has 0 amide bonds. The van der Waals surface area contributed by atoms with Gasteiger partial charge in [0, 0.05) is 32.3 Å². The van der Waals surface area contributed by atoms with E-state index in [-0.39, 0.29) is 44.3 Å². The van der Waals surface area contributed by atoms with Crippen LogP contribution in [0.2, 0.25) is 16.6 Å². The number of ether oxygens (including phenoxy) is 3. The standard InChI is InChI=1S/C29H51Cl3O7Si/c1-18(2)40(19(3)4,20(5)6)37-15-22(8)21(7)10-25-14-27(9,35)16-28(39-25)13-23(33)11-24(38-28)12-26(34)36-17-29(30,31)32/h18-20,22-25,33,35H,7,10-17H2,1-6,8-9H3/t22-,23-,24+,25-,27-,28+/m0/s1. The third kappa shape index (κ3) is 10.1. The summed E-state index contributed by atoms with van der Waals surface area (Å²) in [7, 11) is -2.01. The van der Waals surface area contributed by atoms with Gasteiger partial charge in [0.25, 0.3) is 0 Å². The number of rotatable bonds is 12. The molecule has 40 heavy (non-hydrogen) atoms. The summed E-state index contributed by atoms with van der Waals surface area (Å²) in [5.74, 6) is -1.74. The van der Waals surface area contributed by atoms with E-state index in [2.05, 4.69) is 55.0 Å². The summed E-state index contributed by atoms with van der Waals surface area (Å²) >= 11 is 17.0. The molecule has 0 aliphatic carbocycles. The van der Waals surface area contributed by atoms with Crippen LogP contribution >= 0.6 is 34.8 Å². The van der Waals surface area contributed by atoms with Crippen LogP contribution in [0.25, 0.3) is 0 Å². The fraction of sp³-hybridized carbons (Fsp3) is 0.897. The van der Waals surface area contributed by atoms with Crippen LogP contribution < -0.4 is 0 Å². The maximum Gasteiger partial charge on any atom is 0.308 e. The SMILES string of the molecule is C=C(C[C@H]1C[C@](C)(O)C[C@@]2(C[C@@H](O)C[C@H](CC(=O)OCC(Cl)(Cl)Cl)O2)O1)[C@@H](C)CO[Si](C(C)C)(C(C)C)C(C)C. The van der Waals surface area contributed by atoms with Gasteiger partial charge in [-0.3, -0.25) is 4.79 Å². The highest BCUT2D eigenvalue weighted by atomic mass is 35.6. The monoisotopic (exact) mass is 644 g/mol. The van der Waals surface area contributed by atoms with E-state index in [1.807, 2.05) is 0 Å². The maximum absolute atomic E-state index is 12.3. The highest BCUT2D eigenvalue weighted by Crippen LogP contribution is 2.46. The van der Waals surface area contributed by atoms with Crippen LogP contribution in [0.1, 0.15) is 93.9 Å². The Bertz CT molecular complexity index is 839. The van der Waals surface area contributed by atoms with Crippen molar-refractivity contribution in [3.8, 4) is 0 Å². The molecular formula is C29H51Cl3O7Si. The van der Waals surface area contributed by atoms with Crippen molar-refractivity contribution < 1.29 is 33.6 Å². The van der Waals surface area contributed by atoms with Gasteiger partial charge in [0.05, 0.1) is 30.3 Å². The van der Waals surface area contributed by atoms with Gasteiger partial charge in [-0.05, 0) is 35.9 Å². The van der Waals surface area contributed by atoms with Crippen LogP contribution in [-0.2, 0) is 23.4 Å². The van der Waals surface area contributed by atoms with Crippen molar-refractivity contribution >= 4 is 49.1 Å². The van der Waals surface area contributed by atoms with E-state index in [1.54, 1.807) is 6.92 Å². The molecule has 234 valence electrons. The third-order valence-corrected chi connectivity index (χ3v) is 14.8. The van der Waals surface area contributed by atoms with Crippen LogP contribution in [0.15, 0.2) is 12.2 Å². The molecule has 0 aromatic heterocycles. The van der Waals surface area contributed by atoms with Crippen molar-refractivity contribution in [3.05, 3.63) is 12.2 Å². The van der Waals surface area contributed by atoms with Crippen LogP contribution in [0.4, 0.5) is 0 Å². The van der Waals surface area contributed by atoms with Crippen LogP contribution in [0.5, 0.6) is 0 Å². The number of aliphatic hydroxyl groups is 2. The summed E-state index contributed by atoms with van der Waals surface area (Å²) in [6, 6.07) is 0. The highest BCUT2D eigenvalue weighted by Gasteiger charge is 2.52. The Labute approximate surface area is 257 Å². The number of alkyl halides is 3. The molecule has 2 saturated heterocycles. The van der Waals surface area contributed by atoms with Crippen molar-refractivity contribution in [2.75, 3.05) is 13.2 Å². The maximum atomic E-state index is 12.3. The zero-order valence-electron chi connectivity index (χ0n) is 25.5. The van der Waals surface area contributed by atoms with Gasteiger partial charge in [0.15, 0.2) is 14.1 Å². The molecule has 0 aromatic rings. The molecule has 11 heteroatoms. The molecule has 1 spiro atoms. The van der Waals surface area contributed by atoms with Crippen molar-refractivity contribution in [2.24, 2.45) is 5.92 Å². The molecule has 2 rings (SSSR count). The van der Waals surface area contributed by atoms with E-state index < -0.39 is 41.7 Å². The fourth-order valence-corrected chi connectivity index (χ4v) is 12.6. The Hall–Kier alpha value is 0.0969. The topological polar surface area (TPSA) is 94.5 Å². The van der Waals surface area contributed by atoms with E-state index in [0.717, 1.165) is 5.57 Å². The van der Waals surface area contributed by atoms with Crippen LogP contribution in [-0.4, -0.2) is 71.2 Å². The molecule has 0 radical (unpaired) electrons. The zero-order chi connectivity index (χ0) is 30.7. The van der Waals surface area contributed by atoms with Crippen molar-refractivity contribution in [1.82, 2.24) is 0 Å². The lowest BCUT2D eigenvalue weighted by Gasteiger charge is -2.51. The number of halogens is 3. The quantitative estimate of drug-likeness (QED) is 0.100. The number of carbonyl (C=O) groups is 1. The van der Waals surface area contributed by atoms with Gasteiger partial charge in [-0.2, -0.15) is 0 Å². The summed E-state index contributed by atoms with van der Waals surface area (Å²) in [5, 5.41) is 21.9. The predicted octanol–water partition coefficient (Wildman–Crippen LogP) is 7.23. The van der Waals surface area contributed by atoms with Gasteiger partial charge in [-0.15, -0.1) is 0 Å². The van der Waals surface area contributed by atoms with Crippen molar-refractivity contribution in [2.45, 2.75) is 144 Å². The normalized spacial score (nSPS) is 30.8. The number of carbonyl (C=O) groups excluding carboxylic acids is 1. The Morgan fingerprint density at radius 1 is 1.02 bits per heavy atom. The predicted molar refractivity (Wildman–Crippen MR) is 163 cm³/mol. The van der Waals surface area contributed by atoms with Gasteiger partial charge in [0.2, 0.25) is 3.79 Å². The molecule has 2 N–H and O–H groups in total. The van der Waals surface area contributed by atoms with E-state index in [0.29, 0.717) is 36.1 Å². The molecule has 6 atom stereocenters. The van der Waals surface area contributed by atoms with Crippen LogP contribution in [0.3, 0.4) is 0 Å². The number of hydrogen-bond donors (Lipinski definition) is 2. The first-order chi connectivity index (χ1) is 18.2. The smallest absolute Gasteiger partial charge is 0.308 e. The van der Waals surface area contributed by atoms with Gasteiger partial charge < -0.3 is 28.8 Å². The van der Waals surface area contributed by atoms with Gasteiger partial charge in [0.1, 0.15) is 6.61 Å². The van der Waals surface area contributed by atoms with E-state index >= 15 is 0 Å². The van der Waals surface area contributed by atoms with Crippen molar-refractivity contribution in [3.63, 3.8) is 0 Å². The largest absolute Gasteiger partial charge is 0.461 e. The zero-order valence-corrected chi connectivity index (χ0v) is 28.7. The summed E-state index contributed by atoms with van der Waals surface area (Å²) in [6.45, 7) is 22.1. The molecule has 2 heterocycles. The van der Waals surface area contributed by atoms with E-state index in [1.165, 1.54) is 0 Å². The summed E-state index contributed by atoms with van der Waals surface area (Å²) in [5.41, 5.74) is 1.38. The average Bonchev–Trinajstić information content (AvgIpc) is 2.74. The first kappa shape index (κ1) is 36.3. The highest BCUT2D eigenvalue weighted by molar-refractivity contribution is 6.77. The number of aliphatic hydroxyl groups excluding tert-OH is 1. The minimum atomic E-state index is -2.01. The summed E-state index contributed by atoms with van der Waals surface area (Å²) in [4.78, 5) is 12.3. The minimum absolute atomic E-state index is 0.104. The number of hydrogen-bond acceptors (Lipinski definition) is 7. The molecule has 2 fully saturated rings. The molecular weight excluding hydrogens is 595 g/mol. The second-order valence-electron chi connectivity index (χ2n) is 13.2. The molecule has 0 unspecified atom stereocenters. The average molecular weight is 646 g/mol. The van der Waals surface area contributed by atoms with Gasteiger partial charge in [-0.1, -0.05) is 95.4 Å². The van der Waals surface area contributed by atoms with Crippen molar-refractivity contribution in [1.29, 1.82) is 0 Å². The number of esters is 1. The molecule has 0 saturated carbocycles. The Balaban J connectivity index is 2.08. The molecule has 2 aliphatic rings. The van der Waals surface area contributed by atoms with E-state index in [4.69, 9.17) is 53.4 Å². The van der Waals surface area contributed by atoms with Gasteiger partial charge in [-0.25, -0.2) is 0 Å². The lowest BCUT2D eigenvalue weighted by atomic mass is 9.80. The fourth-order valence-electron chi connectivity index (χ4n) is 6.89. The lowest BCUT2D eigenvalue weighted by molar-refractivity contribution is -0.349. The first-order valence-corrected chi connectivity index (χ1v) is 17.8. The molecule has 7 nitrogen and oxygen atoms in total.